The lowest BCUT2D eigenvalue weighted by atomic mass is 9.94. The summed E-state index contributed by atoms with van der Waals surface area (Å²) in [6, 6.07) is 29.1. The van der Waals surface area contributed by atoms with Gasteiger partial charge in [0.15, 0.2) is 0 Å². The number of nitrogens with zero attached hydrogens (tertiary/aromatic N) is 3. The molecular weight excluding hydrogens is 408 g/mol. The Labute approximate surface area is 196 Å². The monoisotopic (exact) mass is 440 g/mol. The quantitative estimate of drug-likeness (QED) is 0.629. The Bertz CT molecular complexity index is 1080. The molecule has 0 aliphatic carbocycles. The predicted molar refractivity (Wildman–Crippen MR) is 135 cm³/mol. The fraction of sp³-hybridized carbons (Fsp3) is 0.321. The fourth-order valence-corrected chi connectivity index (χ4v) is 5.16. The second kappa shape index (κ2) is 9.28. The van der Waals surface area contributed by atoms with Crippen LogP contribution in [0.2, 0.25) is 0 Å². The van der Waals surface area contributed by atoms with E-state index in [1.165, 1.54) is 11.3 Å². The van der Waals surface area contributed by atoms with Gasteiger partial charge in [-0.2, -0.15) is 0 Å². The minimum absolute atomic E-state index is 0.0109. The first kappa shape index (κ1) is 21.5. The van der Waals surface area contributed by atoms with Gasteiger partial charge in [-0.15, -0.1) is 0 Å². The van der Waals surface area contributed by atoms with E-state index in [-0.39, 0.29) is 5.91 Å². The molecule has 0 spiro atoms. The van der Waals surface area contributed by atoms with Crippen LogP contribution in [0.3, 0.4) is 0 Å². The van der Waals surface area contributed by atoms with Crippen LogP contribution in [-0.2, 0) is 6.42 Å². The number of para-hydroxylation sites is 2. The molecule has 33 heavy (non-hydrogen) atoms. The Morgan fingerprint density at radius 1 is 0.788 bits per heavy atom. The van der Waals surface area contributed by atoms with E-state index in [2.05, 4.69) is 87.6 Å². The first-order valence-electron chi connectivity index (χ1n) is 11.9. The van der Waals surface area contributed by atoms with E-state index in [9.17, 15) is 4.79 Å². The van der Waals surface area contributed by atoms with Gasteiger partial charge in [-0.25, -0.2) is 0 Å². The molecule has 5 nitrogen and oxygen atoms in total. The summed E-state index contributed by atoms with van der Waals surface area (Å²) >= 11 is 0. The number of nitrogens with one attached hydrogen (secondary N) is 1. The van der Waals surface area contributed by atoms with Gasteiger partial charge in [0.05, 0.1) is 11.3 Å². The number of carbonyl (C=O) groups is 1. The number of benzene rings is 3. The lowest BCUT2D eigenvalue weighted by Crippen LogP contribution is -2.65. The van der Waals surface area contributed by atoms with Crippen LogP contribution in [0.25, 0.3) is 0 Å². The smallest absolute Gasteiger partial charge is 0.255 e. The van der Waals surface area contributed by atoms with Crippen LogP contribution in [-0.4, -0.2) is 55.7 Å². The zero-order valence-corrected chi connectivity index (χ0v) is 19.3. The van der Waals surface area contributed by atoms with Gasteiger partial charge in [-0.05, 0) is 36.8 Å². The number of fused-ring (bicyclic) bond motifs is 1. The average molecular weight is 441 g/mol. The molecule has 2 aliphatic rings. The van der Waals surface area contributed by atoms with E-state index >= 15 is 0 Å². The van der Waals surface area contributed by atoms with Crippen molar-refractivity contribution in [2.24, 2.45) is 0 Å². The van der Waals surface area contributed by atoms with E-state index in [0.717, 1.165) is 56.9 Å². The third-order valence-corrected chi connectivity index (χ3v) is 6.94. The van der Waals surface area contributed by atoms with Crippen LogP contribution in [0.15, 0.2) is 84.9 Å². The summed E-state index contributed by atoms with van der Waals surface area (Å²) in [6.45, 7) is 8.17. The molecule has 170 valence electrons. The highest BCUT2D eigenvalue weighted by molar-refractivity contribution is 6.02. The zero-order chi connectivity index (χ0) is 22.7. The van der Waals surface area contributed by atoms with Crippen LogP contribution in [0.5, 0.6) is 0 Å². The van der Waals surface area contributed by atoms with Crippen LogP contribution in [0, 0.1) is 0 Å². The molecule has 2 heterocycles. The maximum Gasteiger partial charge on any atom is 0.255 e. The van der Waals surface area contributed by atoms with Gasteiger partial charge in [0.2, 0.25) is 0 Å². The molecule has 2 aliphatic heterocycles. The Morgan fingerprint density at radius 3 is 2.15 bits per heavy atom. The molecule has 0 aromatic heterocycles. The second-order valence-corrected chi connectivity index (χ2v) is 9.22. The van der Waals surface area contributed by atoms with E-state index in [0.29, 0.717) is 0 Å². The predicted octanol–water partition coefficient (Wildman–Crippen LogP) is 4.02. The number of rotatable bonds is 6. The topological polar surface area (TPSA) is 38.8 Å². The van der Waals surface area contributed by atoms with Crippen LogP contribution >= 0.6 is 0 Å². The lowest BCUT2D eigenvalue weighted by molar-refractivity contribution is 0.0886. The first-order valence-corrected chi connectivity index (χ1v) is 11.9. The number of piperazine rings is 1. The van der Waals surface area contributed by atoms with Crippen molar-refractivity contribution >= 4 is 17.3 Å². The summed E-state index contributed by atoms with van der Waals surface area (Å²) in [5.74, 6) is 0.0109. The van der Waals surface area contributed by atoms with Crippen LogP contribution in [0.4, 0.5) is 11.4 Å². The Morgan fingerprint density at radius 2 is 1.42 bits per heavy atom. The molecule has 3 aromatic rings. The molecule has 0 bridgehead atoms. The number of hydrogen-bond acceptors (Lipinski definition) is 4. The van der Waals surface area contributed by atoms with Crippen molar-refractivity contribution in [3.63, 3.8) is 0 Å². The molecule has 0 radical (unpaired) electrons. The fourth-order valence-electron chi connectivity index (χ4n) is 5.16. The normalized spacial score (nSPS) is 20.9. The highest BCUT2D eigenvalue weighted by Crippen LogP contribution is 2.33. The maximum atomic E-state index is 13.0. The van der Waals surface area contributed by atoms with E-state index < -0.39 is 5.66 Å². The molecule has 5 rings (SSSR count). The molecule has 5 heteroatoms. The third-order valence-electron chi connectivity index (χ3n) is 6.94. The Balaban J connectivity index is 1.31. The summed E-state index contributed by atoms with van der Waals surface area (Å²) in [5.41, 5.74) is 3.85. The molecule has 1 fully saturated rings. The lowest BCUT2D eigenvalue weighted by Gasteiger charge is -2.48. The summed E-state index contributed by atoms with van der Waals surface area (Å²) < 4.78 is 0. The van der Waals surface area contributed by atoms with Crippen molar-refractivity contribution in [3.8, 4) is 0 Å². The minimum atomic E-state index is -0.474. The molecule has 1 N–H and O–H groups in total. The van der Waals surface area contributed by atoms with E-state index in [4.69, 9.17) is 0 Å². The summed E-state index contributed by atoms with van der Waals surface area (Å²) in [5, 5.41) is 3.32. The molecule has 3 aromatic carbocycles. The van der Waals surface area contributed by atoms with Crippen molar-refractivity contribution in [1.29, 1.82) is 0 Å². The molecular formula is C28H32N4O. The number of hydrogen-bond donors (Lipinski definition) is 1. The van der Waals surface area contributed by atoms with Gasteiger partial charge in [-0.3, -0.25) is 9.69 Å². The number of carbonyl (C=O) groups excluding carboxylic acids is 1. The van der Waals surface area contributed by atoms with Crippen molar-refractivity contribution in [3.05, 3.63) is 96.1 Å². The van der Waals surface area contributed by atoms with Crippen molar-refractivity contribution < 1.29 is 4.79 Å². The van der Waals surface area contributed by atoms with Gasteiger partial charge in [0, 0.05) is 51.4 Å². The Kier molecular flexibility index (Phi) is 6.05. The SMILES string of the molecule is CC1(Cc2ccccc2)NC(=O)c2ccccc2N1CCN1CCN(c2ccccc2)CC1. The molecule has 1 unspecified atom stereocenters. The van der Waals surface area contributed by atoms with Crippen LogP contribution in [0.1, 0.15) is 22.8 Å². The Hall–Kier alpha value is -3.31. The molecule has 1 atom stereocenters. The highest BCUT2D eigenvalue weighted by Gasteiger charge is 2.40. The van der Waals surface area contributed by atoms with Crippen molar-refractivity contribution in [2.45, 2.75) is 19.0 Å². The average Bonchev–Trinajstić information content (AvgIpc) is 2.85. The molecule has 1 saturated heterocycles. The number of amides is 1. The summed E-state index contributed by atoms with van der Waals surface area (Å²) in [7, 11) is 0. The zero-order valence-electron chi connectivity index (χ0n) is 19.3. The summed E-state index contributed by atoms with van der Waals surface area (Å²) in [6.07, 6.45) is 0.760. The van der Waals surface area contributed by atoms with Gasteiger partial charge in [-0.1, -0.05) is 60.7 Å². The van der Waals surface area contributed by atoms with Gasteiger partial charge in [0.25, 0.3) is 5.91 Å². The number of anilines is 2. The molecule has 1 amide bonds. The summed E-state index contributed by atoms with van der Waals surface area (Å²) in [4.78, 5) is 20.4. The van der Waals surface area contributed by atoms with Gasteiger partial charge >= 0.3 is 0 Å². The third kappa shape index (κ3) is 4.60. The largest absolute Gasteiger partial charge is 0.369 e. The van der Waals surface area contributed by atoms with Gasteiger partial charge < -0.3 is 15.1 Å². The van der Waals surface area contributed by atoms with Crippen molar-refractivity contribution in [2.75, 3.05) is 49.1 Å². The van der Waals surface area contributed by atoms with Crippen LogP contribution < -0.4 is 15.1 Å². The maximum absolute atomic E-state index is 13.0. The second-order valence-electron chi connectivity index (χ2n) is 9.22. The minimum Gasteiger partial charge on any atom is -0.369 e. The highest BCUT2D eigenvalue weighted by atomic mass is 16.2. The first-order chi connectivity index (χ1) is 16.1. The standard InChI is InChI=1S/C28H32N4O/c1-28(22-23-10-4-2-5-11-23)29-27(33)25-14-8-9-15-26(25)32(28)21-18-30-16-19-31(20-17-30)24-12-6-3-7-13-24/h2-15H,16-22H2,1H3,(H,29,33). The molecule has 0 saturated carbocycles. The van der Waals surface area contributed by atoms with E-state index in [1.807, 2.05) is 24.3 Å². The van der Waals surface area contributed by atoms with Gasteiger partial charge in [0.1, 0.15) is 5.66 Å². The van der Waals surface area contributed by atoms with Crippen molar-refractivity contribution in [1.82, 2.24) is 10.2 Å². The van der Waals surface area contributed by atoms with E-state index in [1.54, 1.807) is 0 Å².